The number of hydrogen-bond acceptors (Lipinski definition) is 5. The van der Waals surface area contributed by atoms with E-state index in [-0.39, 0.29) is 0 Å². The summed E-state index contributed by atoms with van der Waals surface area (Å²) in [6, 6.07) is 12.8. The highest BCUT2D eigenvalue weighted by molar-refractivity contribution is 5.58. The molecule has 0 spiro atoms. The Hall–Kier alpha value is -1.73. The topological polar surface area (TPSA) is 73.4 Å². The Balaban J connectivity index is 1.41. The predicted molar refractivity (Wildman–Crippen MR) is 98.2 cm³/mol. The average Bonchev–Trinajstić information content (AvgIpc) is 3.11. The van der Waals surface area contributed by atoms with E-state index in [1.54, 1.807) is 7.11 Å². The number of H-pyrrole nitrogens is 1. The van der Waals surface area contributed by atoms with Crippen LogP contribution in [0.3, 0.4) is 0 Å². The second-order valence-electron chi connectivity index (χ2n) is 6.71. The van der Waals surface area contributed by atoms with Gasteiger partial charge in [-0.2, -0.15) is 5.10 Å². The molecule has 2 aromatic rings. The van der Waals surface area contributed by atoms with Crippen LogP contribution in [0.2, 0.25) is 0 Å². The van der Waals surface area contributed by atoms with Gasteiger partial charge in [-0.15, -0.1) is 0 Å². The summed E-state index contributed by atoms with van der Waals surface area (Å²) < 4.78 is 4.99. The zero-order valence-corrected chi connectivity index (χ0v) is 14.8. The second-order valence-corrected chi connectivity index (χ2v) is 6.71. The van der Waals surface area contributed by atoms with Crippen LogP contribution in [0.1, 0.15) is 18.5 Å². The highest BCUT2D eigenvalue weighted by Crippen LogP contribution is 2.17. The molecule has 3 N–H and O–H groups in total. The van der Waals surface area contributed by atoms with E-state index in [0.29, 0.717) is 19.2 Å². The predicted octanol–water partition coefficient (Wildman–Crippen LogP) is 1.64. The molecule has 25 heavy (non-hydrogen) atoms. The van der Waals surface area contributed by atoms with Gasteiger partial charge in [0.15, 0.2) is 0 Å². The number of ether oxygens (including phenoxy) is 1. The van der Waals surface area contributed by atoms with Gasteiger partial charge in [0, 0.05) is 37.5 Å². The molecule has 1 saturated heterocycles. The van der Waals surface area contributed by atoms with Crippen LogP contribution in [0, 0.1) is 0 Å². The third kappa shape index (κ3) is 5.37. The molecular formula is C19H28N4O2. The Morgan fingerprint density at radius 1 is 1.32 bits per heavy atom. The number of aromatic nitrogens is 2. The first-order valence-corrected chi connectivity index (χ1v) is 8.97. The summed E-state index contributed by atoms with van der Waals surface area (Å²) in [5.41, 5.74) is 3.23. The minimum atomic E-state index is -0.393. The summed E-state index contributed by atoms with van der Waals surface area (Å²) in [6.07, 6.45) is 1.80. The number of aromatic amines is 1. The van der Waals surface area contributed by atoms with Gasteiger partial charge in [0.1, 0.15) is 0 Å². The molecule has 1 unspecified atom stereocenters. The summed E-state index contributed by atoms with van der Waals surface area (Å²) in [5.74, 6) is 0. The zero-order valence-electron chi connectivity index (χ0n) is 14.8. The minimum Gasteiger partial charge on any atom is -0.389 e. The normalized spacial score (nSPS) is 17.7. The maximum atomic E-state index is 9.82. The number of benzene rings is 1. The molecular weight excluding hydrogens is 316 g/mol. The molecule has 1 aliphatic heterocycles. The number of rotatable bonds is 8. The first-order valence-electron chi connectivity index (χ1n) is 8.97. The van der Waals surface area contributed by atoms with E-state index in [1.165, 1.54) is 0 Å². The highest BCUT2D eigenvalue weighted by Gasteiger charge is 2.20. The van der Waals surface area contributed by atoms with Crippen LogP contribution in [-0.2, 0) is 11.3 Å². The molecule has 1 aromatic carbocycles. The molecule has 1 atom stereocenters. The molecule has 0 bridgehead atoms. The van der Waals surface area contributed by atoms with Gasteiger partial charge in [0.25, 0.3) is 0 Å². The molecule has 1 aromatic heterocycles. The van der Waals surface area contributed by atoms with E-state index in [4.69, 9.17) is 4.74 Å². The summed E-state index contributed by atoms with van der Waals surface area (Å²) in [6.45, 7) is 3.92. The number of nitrogens with one attached hydrogen (secondary N) is 2. The van der Waals surface area contributed by atoms with Gasteiger partial charge in [0.2, 0.25) is 0 Å². The smallest absolute Gasteiger partial charge is 0.0924 e. The molecule has 6 nitrogen and oxygen atoms in total. The number of hydrogen-bond donors (Lipinski definition) is 3. The van der Waals surface area contributed by atoms with Crippen molar-refractivity contribution in [1.82, 2.24) is 20.4 Å². The van der Waals surface area contributed by atoms with Gasteiger partial charge in [-0.1, -0.05) is 30.3 Å². The van der Waals surface area contributed by atoms with Crippen molar-refractivity contribution < 1.29 is 9.84 Å². The van der Waals surface area contributed by atoms with Crippen molar-refractivity contribution in [2.75, 3.05) is 33.4 Å². The number of aliphatic hydroxyl groups is 1. The maximum absolute atomic E-state index is 9.82. The van der Waals surface area contributed by atoms with Gasteiger partial charge in [-0.05, 0) is 32.0 Å². The fourth-order valence-corrected chi connectivity index (χ4v) is 3.33. The molecule has 136 valence electrons. The summed E-state index contributed by atoms with van der Waals surface area (Å²) in [7, 11) is 1.62. The molecule has 2 heterocycles. The van der Waals surface area contributed by atoms with Crippen LogP contribution in [0.15, 0.2) is 36.4 Å². The number of aliphatic hydroxyl groups excluding tert-OH is 1. The van der Waals surface area contributed by atoms with Crippen molar-refractivity contribution in [1.29, 1.82) is 0 Å². The van der Waals surface area contributed by atoms with Gasteiger partial charge >= 0.3 is 0 Å². The Labute approximate surface area is 149 Å². The highest BCUT2D eigenvalue weighted by atomic mass is 16.5. The Morgan fingerprint density at radius 3 is 2.80 bits per heavy atom. The van der Waals surface area contributed by atoms with Crippen LogP contribution >= 0.6 is 0 Å². The van der Waals surface area contributed by atoms with Gasteiger partial charge in [0.05, 0.1) is 18.4 Å². The van der Waals surface area contributed by atoms with Crippen molar-refractivity contribution in [3.8, 4) is 11.3 Å². The van der Waals surface area contributed by atoms with Crippen LogP contribution in [0.4, 0.5) is 0 Å². The van der Waals surface area contributed by atoms with Crippen LogP contribution < -0.4 is 5.32 Å². The third-order valence-corrected chi connectivity index (χ3v) is 4.70. The third-order valence-electron chi connectivity index (χ3n) is 4.70. The van der Waals surface area contributed by atoms with E-state index in [0.717, 1.165) is 49.4 Å². The van der Waals surface area contributed by atoms with Gasteiger partial charge < -0.3 is 20.1 Å². The monoisotopic (exact) mass is 344 g/mol. The number of methoxy groups -OCH3 is 1. The maximum Gasteiger partial charge on any atom is 0.0924 e. The fourth-order valence-electron chi connectivity index (χ4n) is 3.33. The molecule has 3 rings (SSSR count). The first kappa shape index (κ1) is 18.1. The molecule has 0 radical (unpaired) electrons. The quantitative estimate of drug-likeness (QED) is 0.679. The lowest BCUT2D eigenvalue weighted by Gasteiger charge is -2.33. The van der Waals surface area contributed by atoms with Crippen molar-refractivity contribution in [2.45, 2.75) is 31.5 Å². The van der Waals surface area contributed by atoms with Crippen LogP contribution in [0.5, 0.6) is 0 Å². The van der Waals surface area contributed by atoms with E-state index in [9.17, 15) is 5.11 Å². The number of β-amino-alcohol motifs (C(OH)–C–C–N with tert-alkyl or cyclic N) is 1. The summed E-state index contributed by atoms with van der Waals surface area (Å²) >= 11 is 0. The van der Waals surface area contributed by atoms with Crippen molar-refractivity contribution >= 4 is 0 Å². The lowest BCUT2D eigenvalue weighted by atomic mass is 10.0. The average molecular weight is 344 g/mol. The van der Waals surface area contributed by atoms with E-state index >= 15 is 0 Å². The fraction of sp³-hybridized carbons (Fsp3) is 0.526. The molecule has 1 fully saturated rings. The van der Waals surface area contributed by atoms with Crippen molar-refractivity contribution in [3.05, 3.63) is 42.1 Å². The van der Waals surface area contributed by atoms with Crippen LogP contribution in [-0.4, -0.2) is 65.7 Å². The SMILES string of the molecule is COCC(O)CN1CCC(NCc2cc(-c3ccccc3)n[nH]2)CC1. The summed E-state index contributed by atoms with van der Waals surface area (Å²) in [5, 5.41) is 21.0. The second kappa shape index (κ2) is 9.10. The Bertz CT molecular complexity index is 623. The molecule has 0 amide bonds. The lowest BCUT2D eigenvalue weighted by molar-refractivity contribution is 0.0310. The Morgan fingerprint density at radius 2 is 2.08 bits per heavy atom. The standard InChI is InChI=1S/C19H28N4O2/c1-25-14-18(24)13-23-9-7-16(8-10-23)20-12-17-11-19(22-21-17)15-5-3-2-4-6-15/h2-6,11,16,18,20,24H,7-10,12-14H2,1H3,(H,21,22). The Kier molecular flexibility index (Phi) is 6.58. The zero-order chi connectivity index (χ0) is 17.5. The van der Waals surface area contributed by atoms with Gasteiger partial charge in [-0.3, -0.25) is 5.10 Å². The molecule has 6 heteroatoms. The number of nitrogens with zero attached hydrogens (tertiary/aromatic N) is 2. The van der Waals surface area contributed by atoms with E-state index < -0.39 is 6.10 Å². The van der Waals surface area contributed by atoms with Crippen molar-refractivity contribution in [3.63, 3.8) is 0 Å². The molecule has 0 saturated carbocycles. The number of likely N-dealkylation sites (tertiary alicyclic amines) is 1. The van der Waals surface area contributed by atoms with E-state index in [2.05, 4.69) is 38.6 Å². The molecule has 1 aliphatic rings. The largest absolute Gasteiger partial charge is 0.389 e. The summed E-state index contributed by atoms with van der Waals surface area (Å²) in [4.78, 5) is 2.31. The van der Waals surface area contributed by atoms with Crippen LogP contribution in [0.25, 0.3) is 11.3 Å². The number of piperidine rings is 1. The van der Waals surface area contributed by atoms with Gasteiger partial charge in [-0.25, -0.2) is 0 Å². The minimum absolute atomic E-state index is 0.393. The van der Waals surface area contributed by atoms with E-state index in [1.807, 2.05) is 18.2 Å². The first-order chi connectivity index (χ1) is 12.2. The van der Waals surface area contributed by atoms with Crippen molar-refractivity contribution in [2.24, 2.45) is 0 Å². The lowest BCUT2D eigenvalue weighted by Crippen LogP contribution is -2.45. The molecule has 0 aliphatic carbocycles.